The first-order valence-electron chi connectivity index (χ1n) is 7.16. The van der Waals surface area contributed by atoms with Crippen molar-refractivity contribution in [2.45, 2.75) is 18.2 Å². The van der Waals surface area contributed by atoms with Crippen molar-refractivity contribution in [2.75, 3.05) is 7.11 Å². The van der Waals surface area contributed by atoms with Crippen LogP contribution in [0.15, 0.2) is 60.7 Å². The van der Waals surface area contributed by atoms with Gasteiger partial charge in [0.25, 0.3) is 0 Å². The maximum absolute atomic E-state index is 12.4. The van der Waals surface area contributed by atoms with Crippen LogP contribution in [0.3, 0.4) is 0 Å². The van der Waals surface area contributed by atoms with Crippen molar-refractivity contribution in [1.29, 1.82) is 0 Å². The Kier molecular flexibility index (Phi) is 5.90. The van der Waals surface area contributed by atoms with Gasteiger partial charge in [-0.05, 0) is 11.1 Å². The van der Waals surface area contributed by atoms with Crippen LogP contribution in [0.25, 0.3) is 0 Å². The predicted molar refractivity (Wildman–Crippen MR) is 88.0 cm³/mol. The van der Waals surface area contributed by atoms with Gasteiger partial charge in [0, 0.05) is 0 Å². The monoisotopic (exact) mass is 333 g/mol. The van der Waals surface area contributed by atoms with Gasteiger partial charge in [0.05, 0.1) is 25.3 Å². The van der Waals surface area contributed by atoms with Gasteiger partial charge in [0.1, 0.15) is 0 Å². The van der Waals surface area contributed by atoms with Crippen molar-refractivity contribution in [1.82, 2.24) is 4.72 Å². The summed E-state index contributed by atoms with van der Waals surface area (Å²) in [6.45, 7) is 0. The van der Waals surface area contributed by atoms with E-state index in [1.54, 1.807) is 48.5 Å². The van der Waals surface area contributed by atoms with Crippen LogP contribution in [0.2, 0.25) is 0 Å². The normalized spacial score (nSPS) is 12.6. The molecule has 0 unspecified atom stereocenters. The molecule has 0 aliphatic rings. The second-order valence-corrected chi connectivity index (χ2v) is 6.86. The Bertz CT molecular complexity index is 730. The smallest absolute Gasteiger partial charge is 0.307 e. The number of hydrogen-bond acceptors (Lipinski definition) is 4. The minimum absolute atomic E-state index is 0.0610. The number of nitrogens with one attached hydrogen (secondary N) is 1. The molecule has 0 bridgehead atoms. The fourth-order valence-corrected chi connectivity index (χ4v) is 3.58. The van der Waals surface area contributed by atoms with Crippen molar-refractivity contribution in [3.63, 3.8) is 0 Å². The molecule has 2 aromatic carbocycles. The molecule has 0 spiro atoms. The molecule has 0 saturated heterocycles. The molecule has 0 saturated carbocycles. The molecule has 5 nitrogen and oxygen atoms in total. The van der Waals surface area contributed by atoms with Gasteiger partial charge in [-0.15, -0.1) is 0 Å². The predicted octanol–water partition coefficient (Wildman–Crippen LogP) is 2.41. The number of benzene rings is 2. The Labute approximate surface area is 136 Å². The first-order chi connectivity index (χ1) is 11.0. The van der Waals surface area contributed by atoms with E-state index in [2.05, 4.69) is 9.46 Å². The van der Waals surface area contributed by atoms with Gasteiger partial charge in [0.2, 0.25) is 10.0 Å². The third-order valence-corrected chi connectivity index (χ3v) is 4.68. The van der Waals surface area contributed by atoms with Crippen molar-refractivity contribution >= 4 is 16.0 Å². The van der Waals surface area contributed by atoms with Crippen LogP contribution in [0, 0.1) is 0 Å². The molecule has 0 aromatic heterocycles. The van der Waals surface area contributed by atoms with Gasteiger partial charge in [-0.2, -0.15) is 0 Å². The number of rotatable bonds is 7. The maximum Gasteiger partial charge on any atom is 0.307 e. The number of ether oxygens (including phenoxy) is 1. The Hall–Kier alpha value is -2.18. The molecule has 6 heteroatoms. The number of sulfonamides is 1. The van der Waals surface area contributed by atoms with E-state index in [9.17, 15) is 13.2 Å². The third kappa shape index (κ3) is 5.50. The second-order valence-electron chi connectivity index (χ2n) is 5.11. The van der Waals surface area contributed by atoms with Gasteiger partial charge in [-0.1, -0.05) is 60.7 Å². The van der Waals surface area contributed by atoms with Crippen LogP contribution in [0.1, 0.15) is 23.6 Å². The Morgan fingerprint density at radius 3 is 2.17 bits per heavy atom. The Morgan fingerprint density at radius 1 is 1.04 bits per heavy atom. The zero-order valence-electron chi connectivity index (χ0n) is 12.8. The minimum atomic E-state index is -3.59. The van der Waals surface area contributed by atoms with E-state index < -0.39 is 22.0 Å². The lowest BCUT2D eigenvalue weighted by atomic mass is 10.1. The molecule has 2 rings (SSSR count). The van der Waals surface area contributed by atoms with E-state index in [0.717, 1.165) is 5.56 Å². The van der Waals surface area contributed by atoms with Crippen molar-refractivity contribution < 1.29 is 17.9 Å². The summed E-state index contributed by atoms with van der Waals surface area (Å²) in [5, 5.41) is 0. The average Bonchev–Trinajstić information content (AvgIpc) is 2.55. The summed E-state index contributed by atoms with van der Waals surface area (Å²) in [5.41, 5.74) is 1.40. The average molecular weight is 333 g/mol. The van der Waals surface area contributed by atoms with Crippen molar-refractivity contribution in [3.8, 4) is 0 Å². The number of carbonyl (C=O) groups is 1. The van der Waals surface area contributed by atoms with E-state index in [0.29, 0.717) is 5.56 Å². The number of esters is 1. The van der Waals surface area contributed by atoms with Gasteiger partial charge in [-0.3, -0.25) is 4.79 Å². The van der Waals surface area contributed by atoms with Crippen LogP contribution >= 0.6 is 0 Å². The fraction of sp³-hybridized carbons (Fsp3) is 0.235. The van der Waals surface area contributed by atoms with E-state index in [4.69, 9.17) is 0 Å². The molecule has 0 aliphatic heterocycles. The lowest BCUT2D eigenvalue weighted by molar-refractivity contribution is -0.141. The lowest BCUT2D eigenvalue weighted by Gasteiger charge is -2.18. The van der Waals surface area contributed by atoms with Gasteiger partial charge < -0.3 is 4.74 Å². The number of carbonyl (C=O) groups excluding carboxylic acids is 1. The highest BCUT2D eigenvalue weighted by atomic mass is 32.2. The quantitative estimate of drug-likeness (QED) is 0.790. The largest absolute Gasteiger partial charge is 0.469 e. The summed E-state index contributed by atoms with van der Waals surface area (Å²) in [4.78, 5) is 11.6. The molecule has 122 valence electrons. The summed E-state index contributed by atoms with van der Waals surface area (Å²) in [7, 11) is -2.31. The van der Waals surface area contributed by atoms with Crippen LogP contribution in [-0.4, -0.2) is 21.5 Å². The maximum atomic E-state index is 12.4. The molecular formula is C17H19NO4S. The summed E-state index contributed by atoms with van der Waals surface area (Å²) in [5.74, 6) is -0.612. The summed E-state index contributed by atoms with van der Waals surface area (Å²) >= 11 is 0. The highest BCUT2D eigenvalue weighted by molar-refractivity contribution is 7.88. The molecular weight excluding hydrogens is 314 g/mol. The Balaban J connectivity index is 2.17. The zero-order chi connectivity index (χ0) is 16.7. The van der Waals surface area contributed by atoms with E-state index in [1.165, 1.54) is 7.11 Å². The van der Waals surface area contributed by atoms with Gasteiger partial charge in [0.15, 0.2) is 0 Å². The molecule has 0 heterocycles. The molecule has 0 radical (unpaired) electrons. The summed E-state index contributed by atoms with van der Waals surface area (Å²) in [6.07, 6.45) is -0.0610. The fourth-order valence-electron chi connectivity index (χ4n) is 2.21. The topological polar surface area (TPSA) is 72.5 Å². The van der Waals surface area contributed by atoms with E-state index >= 15 is 0 Å². The SMILES string of the molecule is COC(=O)C[C@@H](NS(=O)(=O)Cc1ccccc1)c1ccccc1. The van der Waals surface area contributed by atoms with E-state index in [1.807, 2.05) is 12.1 Å². The molecule has 2 aromatic rings. The summed E-state index contributed by atoms with van der Waals surface area (Å²) < 4.78 is 32.0. The second kappa shape index (κ2) is 7.89. The van der Waals surface area contributed by atoms with Crippen molar-refractivity contribution in [2.24, 2.45) is 0 Å². The highest BCUT2D eigenvalue weighted by Crippen LogP contribution is 2.19. The van der Waals surface area contributed by atoms with Crippen LogP contribution in [0.4, 0.5) is 0 Å². The lowest BCUT2D eigenvalue weighted by Crippen LogP contribution is -2.31. The van der Waals surface area contributed by atoms with Crippen LogP contribution < -0.4 is 4.72 Å². The minimum Gasteiger partial charge on any atom is -0.469 e. The van der Waals surface area contributed by atoms with Gasteiger partial charge >= 0.3 is 5.97 Å². The molecule has 0 amide bonds. The van der Waals surface area contributed by atoms with Crippen LogP contribution in [0.5, 0.6) is 0 Å². The summed E-state index contributed by atoms with van der Waals surface area (Å²) in [6, 6.07) is 17.2. The highest BCUT2D eigenvalue weighted by Gasteiger charge is 2.22. The van der Waals surface area contributed by atoms with Crippen molar-refractivity contribution in [3.05, 3.63) is 71.8 Å². The third-order valence-electron chi connectivity index (χ3n) is 3.32. The molecule has 1 atom stereocenters. The first kappa shape index (κ1) is 17.2. The first-order valence-corrected chi connectivity index (χ1v) is 8.81. The molecule has 0 fully saturated rings. The standard InChI is InChI=1S/C17H19NO4S/c1-22-17(19)12-16(15-10-6-3-7-11-15)18-23(20,21)13-14-8-4-2-5-9-14/h2-11,16,18H,12-13H2,1H3/t16-/m1/s1. The number of hydrogen-bond donors (Lipinski definition) is 1. The molecule has 23 heavy (non-hydrogen) atoms. The van der Waals surface area contributed by atoms with Gasteiger partial charge in [-0.25, -0.2) is 13.1 Å². The molecule has 0 aliphatic carbocycles. The van der Waals surface area contributed by atoms with E-state index in [-0.39, 0.29) is 12.2 Å². The number of methoxy groups -OCH3 is 1. The zero-order valence-corrected chi connectivity index (χ0v) is 13.6. The van der Waals surface area contributed by atoms with Crippen LogP contribution in [-0.2, 0) is 25.3 Å². The Morgan fingerprint density at radius 2 is 1.61 bits per heavy atom. The molecule has 1 N–H and O–H groups in total.